The first-order valence-electron chi connectivity index (χ1n) is 10.5. The van der Waals surface area contributed by atoms with Crippen molar-refractivity contribution in [2.24, 2.45) is 0 Å². The molecular weight excluding hydrogens is 427 g/mol. The fraction of sp³-hybridized carbons (Fsp3) is 0.208. The van der Waals surface area contributed by atoms with Crippen molar-refractivity contribution in [3.05, 3.63) is 77.8 Å². The van der Waals surface area contributed by atoms with Gasteiger partial charge in [-0.05, 0) is 61.0 Å². The van der Waals surface area contributed by atoms with Gasteiger partial charge in [0.15, 0.2) is 0 Å². The summed E-state index contributed by atoms with van der Waals surface area (Å²) in [6.07, 6.45) is 4.32. The minimum atomic E-state index is -0.275. The SMILES string of the molecule is CC.Fc1ccc(Nc2ccnc(NCCCNc3ccnc4cc(Cl)ccc34)n2)cc1. The van der Waals surface area contributed by atoms with Gasteiger partial charge in [-0.1, -0.05) is 25.4 Å². The molecule has 32 heavy (non-hydrogen) atoms. The van der Waals surface area contributed by atoms with Crippen molar-refractivity contribution in [1.29, 1.82) is 0 Å². The van der Waals surface area contributed by atoms with E-state index in [0.717, 1.165) is 35.2 Å². The first-order chi connectivity index (χ1) is 15.7. The second-order valence-corrected chi connectivity index (χ2v) is 7.06. The first-order valence-corrected chi connectivity index (χ1v) is 10.9. The zero-order chi connectivity index (χ0) is 22.8. The highest BCUT2D eigenvalue weighted by molar-refractivity contribution is 6.31. The summed E-state index contributed by atoms with van der Waals surface area (Å²) in [7, 11) is 0. The molecule has 4 aromatic rings. The monoisotopic (exact) mass is 452 g/mol. The lowest BCUT2D eigenvalue weighted by atomic mass is 10.2. The molecule has 0 aliphatic carbocycles. The van der Waals surface area contributed by atoms with Crippen LogP contribution >= 0.6 is 11.6 Å². The Balaban J connectivity index is 0.00000141. The number of hydrogen-bond acceptors (Lipinski definition) is 6. The molecule has 166 valence electrons. The number of pyridine rings is 1. The number of aromatic nitrogens is 3. The summed E-state index contributed by atoms with van der Waals surface area (Å²) in [5.41, 5.74) is 2.65. The van der Waals surface area contributed by atoms with E-state index in [1.165, 1.54) is 12.1 Å². The molecule has 8 heteroatoms. The number of halogens is 2. The van der Waals surface area contributed by atoms with E-state index in [4.69, 9.17) is 11.6 Å². The zero-order valence-electron chi connectivity index (χ0n) is 18.1. The van der Waals surface area contributed by atoms with Crippen LogP contribution in [0.2, 0.25) is 5.02 Å². The van der Waals surface area contributed by atoms with Crippen molar-refractivity contribution in [3.8, 4) is 0 Å². The van der Waals surface area contributed by atoms with Gasteiger partial charge in [-0.15, -0.1) is 0 Å². The predicted molar refractivity (Wildman–Crippen MR) is 131 cm³/mol. The van der Waals surface area contributed by atoms with Gasteiger partial charge < -0.3 is 16.0 Å². The van der Waals surface area contributed by atoms with Gasteiger partial charge in [0.2, 0.25) is 5.95 Å². The van der Waals surface area contributed by atoms with Crippen LogP contribution in [0.5, 0.6) is 0 Å². The van der Waals surface area contributed by atoms with Crippen LogP contribution in [0.25, 0.3) is 10.9 Å². The summed E-state index contributed by atoms with van der Waals surface area (Å²) in [5, 5.41) is 11.5. The normalized spacial score (nSPS) is 10.2. The number of hydrogen-bond donors (Lipinski definition) is 3. The third-order valence-corrected chi connectivity index (χ3v) is 4.66. The minimum absolute atomic E-state index is 0.275. The molecule has 0 saturated heterocycles. The van der Waals surface area contributed by atoms with E-state index in [1.807, 2.05) is 38.1 Å². The molecule has 2 heterocycles. The maximum atomic E-state index is 13.0. The van der Waals surface area contributed by atoms with Crippen molar-refractivity contribution in [2.75, 3.05) is 29.0 Å². The summed E-state index contributed by atoms with van der Waals surface area (Å²) >= 11 is 6.04. The number of nitrogens with zero attached hydrogens (tertiary/aromatic N) is 3. The van der Waals surface area contributed by atoms with Gasteiger partial charge in [0.05, 0.1) is 5.52 Å². The number of rotatable bonds is 8. The Morgan fingerprint density at radius 3 is 2.44 bits per heavy atom. The average Bonchev–Trinajstić information content (AvgIpc) is 2.82. The quantitative estimate of drug-likeness (QED) is 0.265. The molecule has 0 fully saturated rings. The predicted octanol–water partition coefficient (Wildman–Crippen LogP) is 6.50. The van der Waals surface area contributed by atoms with Crippen LogP contribution in [-0.4, -0.2) is 28.0 Å². The molecule has 0 amide bonds. The topological polar surface area (TPSA) is 74.8 Å². The smallest absolute Gasteiger partial charge is 0.224 e. The molecule has 0 bridgehead atoms. The van der Waals surface area contributed by atoms with Crippen molar-refractivity contribution in [1.82, 2.24) is 15.0 Å². The van der Waals surface area contributed by atoms with E-state index >= 15 is 0 Å². The molecule has 0 spiro atoms. The highest BCUT2D eigenvalue weighted by atomic mass is 35.5. The third-order valence-electron chi connectivity index (χ3n) is 4.43. The Morgan fingerprint density at radius 2 is 1.62 bits per heavy atom. The van der Waals surface area contributed by atoms with E-state index < -0.39 is 0 Å². The van der Waals surface area contributed by atoms with Crippen molar-refractivity contribution in [3.63, 3.8) is 0 Å². The van der Waals surface area contributed by atoms with Gasteiger partial charge in [-0.25, -0.2) is 9.37 Å². The molecule has 3 N–H and O–H groups in total. The van der Waals surface area contributed by atoms with Crippen LogP contribution in [0, 0.1) is 5.82 Å². The van der Waals surface area contributed by atoms with Gasteiger partial charge in [0.1, 0.15) is 11.6 Å². The Bertz CT molecular complexity index is 1140. The van der Waals surface area contributed by atoms with Crippen LogP contribution < -0.4 is 16.0 Å². The summed E-state index contributed by atoms with van der Waals surface area (Å²) in [6, 6.07) is 15.5. The molecule has 0 atom stereocenters. The van der Waals surface area contributed by atoms with E-state index in [-0.39, 0.29) is 5.82 Å². The van der Waals surface area contributed by atoms with Crippen LogP contribution in [0.4, 0.5) is 27.5 Å². The number of nitrogens with one attached hydrogen (secondary N) is 3. The molecular formula is C24H26ClFN6. The maximum absolute atomic E-state index is 13.0. The van der Waals surface area contributed by atoms with Crippen molar-refractivity contribution in [2.45, 2.75) is 20.3 Å². The Kier molecular flexibility index (Phi) is 8.57. The summed E-state index contributed by atoms with van der Waals surface area (Å²) < 4.78 is 13.0. The summed E-state index contributed by atoms with van der Waals surface area (Å²) in [5.74, 6) is 0.896. The Hall–Kier alpha value is -3.45. The minimum Gasteiger partial charge on any atom is -0.384 e. The van der Waals surface area contributed by atoms with Crippen LogP contribution in [-0.2, 0) is 0 Å². The lowest BCUT2D eigenvalue weighted by Gasteiger charge is -2.11. The van der Waals surface area contributed by atoms with Gasteiger partial charge in [0.25, 0.3) is 0 Å². The highest BCUT2D eigenvalue weighted by Crippen LogP contribution is 2.24. The number of fused-ring (bicyclic) bond motifs is 1. The molecule has 2 aromatic heterocycles. The fourth-order valence-corrected chi connectivity index (χ4v) is 3.15. The first kappa shape index (κ1) is 23.2. The largest absolute Gasteiger partial charge is 0.384 e. The lowest BCUT2D eigenvalue weighted by molar-refractivity contribution is 0.628. The van der Waals surface area contributed by atoms with Crippen LogP contribution in [0.1, 0.15) is 20.3 Å². The van der Waals surface area contributed by atoms with Crippen molar-refractivity contribution < 1.29 is 4.39 Å². The van der Waals surface area contributed by atoms with Crippen LogP contribution in [0.3, 0.4) is 0 Å². The molecule has 0 radical (unpaired) electrons. The lowest BCUT2D eigenvalue weighted by Crippen LogP contribution is -2.11. The molecule has 0 aliphatic heterocycles. The molecule has 0 unspecified atom stereocenters. The molecule has 0 saturated carbocycles. The van der Waals surface area contributed by atoms with Crippen molar-refractivity contribution >= 4 is 45.6 Å². The van der Waals surface area contributed by atoms with Gasteiger partial charge in [-0.2, -0.15) is 4.98 Å². The Labute approximate surface area is 192 Å². The number of anilines is 4. The highest BCUT2D eigenvalue weighted by Gasteiger charge is 2.03. The zero-order valence-corrected chi connectivity index (χ0v) is 18.8. The average molecular weight is 453 g/mol. The second kappa shape index (κ2) is 11.8. The molecule has 4 rings (SSSR count). The third kappa shape index (κ3) is 6.52. The van der Waals surface area contributed by atoms with Gasteiger partial charge in [-0.3, -0.25) is 4.98 Å². The second-order valence-electron chi connectivity index (χ2n) is 6.62. The number of benzene rings is 2. The van der Waals surface area contributed by atoms with Gasteiger partial charge in [0, 0.05) is 47.3 Å². The molecule has 2 aromatic carbocycles. The molecule has 6 nitrogen and oxygen atoms in total. The standard InChI is InChI=1S/C22H20ClFN6.C2H6/c23-15-2-7-18-19(8-12-26-20(18)14-15)25-10-1-11-27-22-28-13-9-21(30-22)29-17-5-3-16(24)4-6-17;1-2/h2-9,12-14H,1,10-11H2,(H,25,26)(H2,27,28,29,30);1-2H3. The molecule has 0 aliphatic rings. The van der Waals surface area contributed by atoms with E-state index in [2.05, 4.69) is 30.9 Å². The fourth-order valence-electron chi connectivity index (χ4n) is 2.98. The maximum Gasteiger partial charge on any atom is 0.224 e. The summed E-state index contributed by atoms with van der Waals surface area (Å²) in [6.45, 7) is 5.49. The van der Waals surface area contributed by atoms with Crippen LogP contribution in [0.15, 0.2) is 67.0 Å². The van der Waals surface area contributed by atoms with E-state index in [1.54, 1.807) is 30.6 Å². The van der Waals surface area contributed by atoms with E-state index in [0.29, 0.717) is 23.3 Å². The Morgan fingerprint density at radius 1 is 0.875 bits per heavy atom. The van der Waals surface area contributed by atoms with Gasteiger partial charge >= 0.3 is 0 Å². The summed E-state index contributed by atoms with van der Waals surface area (Å²) in [4.78, 5) is 13.0. The van der Waals surface area contributed by atoms with E-state index in [9.17, 15) is 4.39 Å².